The van der Waals surface area contributed by atoms with Crippen molar-refractivity contribution in [3.63, 3.8) is 0 Å². The molecule has 3 rings (SSSR count). The second-order valence-corrected chi connectivity index (χ2v) is 6.02. The van der Waals surface area contributed by atoms with Crippen molar-refractivity contribution in [2.24, 2.45) is 0 Å². The quantitative estimate of drug-likeness (QED) is 0.702. The van der Waals surface area contributed by atoms with E-state index in [2.05, 4.69) is 5.32 Å². The molecular formula is C18H15NO4S. The summed E-state index contributed by atoms with van der Waals surface area (Å²) in [6.07, 6.45) is 0. The van der Waals surface area contributed by atoms with Crippen LogP contribution in [0.4, 0.5) is 5.00 Å². The number of benzene rings is 2. The fourth-order valence-electron chi connectivity index (χ4n) is 2.36. The number of fused-ring (bicyclic) bond motifs is 1. The van der Waals surface area contributed by atoms with Gasteiger partial charge in [0.15, 0.2) is 0 Å². The first kappa shape index (κ1) is 16.0. The van der Waals surface area contributed by atoms with Gasteiger partial charge in [-0.05, 0) is 25.1 Å². The van der Waals surface area contributed by atoms with Gasteiger partial charge >= 0.3 is 5.97 Å². The number of rotatable bonds is 4. The Labute approximate surface area is 142 Å². The number of phenolic OH excluding ortho intramolecular Hbond substituents is 1. The Kier molecular flexibility index (Phi) is 4.48. The summed E-state index contributed by atoms with van der Waals surface area (Å²) in [5, 5.41) is 13.7. The minimum absolute atomic E-state index is 0.0586. The van der Waals surface area contributed by atoms with E-state index in [-0.39, 0.29) is 23.8 Å². The van der Waals surface area contributed by atoms with Crippen LogP contribution in [0.2, 0.25) is 0 Å². The SMILES string of the molecule is CCOC(=O)c1c(NC(=O)c2ccccc2)sc2c(O)cccc12. The number of aromatic hydroxyl groups is 1. The Morgan fingerprint density at radius 3 is 2.58 bits per heavy atom. The molecule has 1 amide bonds. The van der Waals surface area contributed by atoms with E-state index in [1.165, 1.54) is 6.07 Å². The number of carbonyl (C=O) groups is 2. The summed E-state index contributed by atoms with van der Waals surface area (Å²) in [4.78, 5) is 24.7. The number of thiophene rings is 1. The summed E-state index contributed by atoms with van der Waals surface area (Å²) < 4.78 is 5.63. The van der Waals surface area contributed by atoms with Crippen LogP contribution in [0.25, 0.3) is 10.1 Å². The van der Waals surface area contributed by atoms with Crippen LogP contribution in [-0.2, 0) is 4.74 Å². The maximum atomic E-state index is 12.4. The van der Waals surface area contributed by atoms with E-state index in [0.29, 0.717) is 20.7 Å². The van der Waals surface area contributed by atoms with Crippen LogP contribution < -0.4 is 5.32 Å². The van der Waals surface area contributed by atoms with E-state index < -0.39 is 5.97 Å². The maximum absolute atomic E-state index is 12.4. The topological polar surface area (TPSA) is 75.6 Å². The minimum atomic E-state index is -0.530. The second-order valence-electron chi connectivity index (χ2n) is 5.00. The maximum Gasteiger partial charge on any atom is 0.341 e. The van der Waals surface area contributed by atoms with Crippen LogP contribution in [0.1, 0.15) is 27.6 Å². The number of amides is 1. The highest BCUT2D eigenvalue weighted by atomic mass is 32.1. The molecule has 2 aromatic carbocycles. The number of hydrogen-bond acceptors (Lipinski definition) is 5. The Morgan fingerprint density at radius 2 is 1.88 bits per heavy atom. The molecule has 0 unspecified atom stereocenters. The van der Waals surface area contributed by atoms with E-state index in [9.17, 15) is 14.7 Å². The Hall–Kier alpha value is -2.86. The summed E-state index contributed by atoms with van der Waals surface area (Å²) in [5.74, 6) is -0.798. The molecule has 3 aromatic rings. The van der Waals surface area contributed by atoms with Crippen molar-refractivity contribution in [1.82, 2.24) is 0 Å². The number of carbonyl (C=O) groups excluding carboxylic acids is 2. The molecule has 24 heavy (non-hydrogen) atoms. The smallest absolute Gasteiger partial charge is 0.341 e. The van der Waals surface area contributed by atoms with E-state index in [1.54, 1.807) is 43.3 Å². The molecule has 6 heteroatoms. The molecule has 0 radical (unpaired) electrons. The number of ether oxygens (including phenoxy) is 1. The molecule has 0 saturated heterocycles. The summed E-state index contributed by atoms with van der Waals surface area (Å²) in [5.41, 5.74) is 0.742. The summed E-state index contributed by atoms with van der Waals surface area (Å²) >= 11 is 1.14. The molecule has 122 valence electrons. The molecular weight excluding hydrogens is 326 g/mol. The first-order valence-corrected chi connectivity index (χ1v) is 8.21. The minimum Gasteiger partial charge on any atom is -0.506 e. The zero-order chi connectivity index (χ0) is 17.1. The van der Waals surface area contributed by atoms with Crippen LogP contribution in [0, 0.1) is 0 Å². The Balaban J connectivity index is 2.06. The number of hydrogen-bond donors (Lipinski definition) is 2. The zero-order valence-electron chi connectivity index (χ0n) is 12.9. The summed E-state index contributed by atoms with van der Waals surface area (Å²) in [6.45, 7) is 1.94. The Bertz CT molecular complexity index is 902. The number of anilines is 1. The van der Waals surface area contributed by atoms with Gasteiger partial charge in [-0.1, -0.05) is 30.3 Å². The molecule has 0 fully saturated rings. The van der Waals surface area contributed by atoms with Gasteiger partial charge in [0.1, 0.15) is 16.3 Å². The molecule has 2 N–H and O–H groups in total. The first-order valence-electron chi connectivity index (χ1n) is 7.39. The largest absolute Gasteiger partial charge is 0.506 e. The van der Waals surface area contributed by atoms with Crippen LogP contribution >= 0.6 is 11.3 Å². The fraction of sp³-hybridized carbons (Fsp3) is 0.111. The molecule has 1 heterocycles. The van der Waals surface area contributed by atoms with Crippen LogP contribution in [0.15, 0.2) is 48.5 Å². The van der Waals surface area contributed by atoms with Gasteiger partial charge in [-0.15, -0.1) is 11.3 Å². The van der Waals surface area contributed by atoms with Crippen LogP contribution in [-0.4, -0.2) is 23.6 Å². The lowest BCUT2D eigenvalue weighted by atomic mass is 10.1. The van der Waals surface area contributed by atoms with Gasteiger partial charge in [0.25, 0.3) is 5.91 Å². The van der Waals surface area contributed by atoms with E-state index in [1.807, 2.05) is 6.07 Å². The van der Waals surface area contributed by atoms with Crippen molar-refractivity contribution < 1.29 is 19.4 Å². The summed E-state index contributed by atoms with van der Waals surface area (Å²) in [6, 6.07) is 13.6. The van der Waals surface area contributed by atoms with Crippen molar-refractivity contribution in [3.8, 4) is 5.75 Å². The molecule has 0 spiro atoms. The van der Waals surface area contributed by atoms with Crippen LogP contribution in [0.5, 0.6) is 5.75 Å². The van der Waals surface area contributed by atoms with Gasteiger partial charge in [0.2, 0.25) is 0 Å². The lowest BCUT2D eigenvalue weighted by Crippen LogP contribution is -2.14. The fourth-order valence-corrected chi connectivity index (χ4v) is 3.46. The molecule has 0 atom stereocenters. The number of esters is 1. The highest BCUT2D eigenvalue weighted by molar-refractivity contribution is 7.23. The lowest BCUT2D eigenvalue weighted by molar-refractivity contribution is 0.0530. The second kappa shape index (κ2) is 6.72. The van der Waals surface area contributed by atoms with Gasteiger partial charge in [-0.25, -0.2) is 4.79 Å². The lowest BCUT2D eigenvalue weighted by Gasteiger charge is -2.06. The van der Waals surface area contributed by atoms with E-state index in [4.69, 9.17) is 4.74 Å². The molecule has 0 aliphatic rings. The highest BCUT2D eigenvalue weighted by Gasteiger charge is 2.23. The zero-order valence-corrected chi connectivity index (χ0v) is 13.7. The van der Waals surface area contributed by atoms with Crippen molar-refractivity contribution in [1.29, 1.82) is 0 Å². The van der Waals surface area contributed by atoms with Crippen molar-refractivity contribution in [3.05, 3.63) is 59.7 Å². The molecule has 1 aromatic heterocycles. The average Bonchev–Trinajstić information content (AvgIpc) is 2.95. The average molecular weight is 341 g/mol. The number of nitrogens with one attached hydrogen (secondary N) is 1. The van der Waals surface area contributed by atoms with Gasteiger partial charge in [0, 0.05) is 10.9 Å². The van der Waals surface area contributed by atoms with Gasteiger partial charge in [-0.2, -0.15) is 0 Å². The molecule has 0 bridgehead atoms. The van der Waals surface area contributed by atoms with Gasteiger partial charge in [-0.3, -0.25) is 4.79 Å². The predicted molar refractivity (Wildman–Crippen MR) is 93.8 cm³/mol. The standard InChI is InChI=1S/C18H15NO4S/c1-2-23-18(22)14-12-9-6-10-13(20)15(12)24-17(14)19-16(21)11-7-4-3-5-8-11/h3-10,20H,2H2,1H3,(H,19,21). The monoisotopic (exact) mass is 341 g/mol. The third-order valence-corrected chi connectivity index (χ3v) is 4.58. The number of phenols is 1. The van der Waals surface area contributed by atoms with Gasteiger partial charge < -0.3 is 15.2 Å². The van der Waals surface area contributed by atoms with Crippen molar-refractivity contribution in [2.45, 2.75) is 6.92 Å². The Morgan fingerprint density at radius 1 is 1.12 bits per heavy atom. The molecule has 5 nitrogen and oxygen atoms in total. The van der Waals surface area contributed by atoms with E-state index in [0.717, 1.165) is 11.3 Å². The van der Waals surface area contributed by atoms with E-state index >= 15 is 0 Å². The van der Waals surface area contributed by atoms with Crippen molar-refractivity contribution >= 4 is 38.3 Å². The summed E-state index contributed by atoms with van der Waals surface area (Å²) in [7, 11) is 0. The third-order valence-electron chi connectivity index (χ3n) is 3.44. The van der Waals surface area contributed by atoms with Crippen LogP contribution in [0.3, 0.4) is 0 Å². The molecule has 0 aliphatic carbocycles. The first-order chi connectivity index (χ1) is 11.6. The van der Waals surface area contributed by atoms with Gasteiger partial charge in [0.05, 0.1) is 11.3 Å². The highest BCUT2D eigenvalue weighted by Crippen LogP contribution is 2.40. The van der Waals surface area contributed by atoms with Crippen molar-refractivity contribution in [2.75, 3.05) is 11.9 Å². The third kappa shape index (κ3) is 2.96. The molecule has 0 aliphatic heterocycles. The molecule has 0 saturated carbocycles. The predicted octanol–water partition coefficient (Wildman–Crippen LogP) is 4.04. The normalized spacial score (nSPS) is 10.5.